The highest BCUT2D eigenvalue weighted by molar-refractivity contribution is 5.75. The monoisotopic (exact) mass is 379 g/mol. The number of aromatic nitrogens is 2. The Morgan fingerprint density at radius 1 is 1.19 bits per heavy atom. The summed E-state index contributed by atoms with van der Waals surface area (Å²) in [5.41, 5.74) is 2.05. The molecule has 3 aromatic rings. The molecule has 0 amide bonds. The number of imidazole rings is 1. The van der Waals surface area contributed by atoms with Crippen molar-refractivity contribution in [3.63, 3.8) is 0 Å². The maximum atomic E-state index is 13.6. The molecule has 1 saturated heterocycles. The molecule has 0 spiro atoms. The highest BCUT2D eigenvalue weighted by Gasteiger charge is 2.31. The molecule has 1 aliphatic rings. The molecule has 27 heavy (non-hydrogen) atoms. The van der Waals surface area contributed by atoms with Crippen LogP contribution in [0.4, 0.5) is 17.6 Å². The van der Waals surface area contributed by atoms with Crippen LogP contribution in [0.5, 0.6) is 0 Å². The Labute approximate surface area is 152 Å². The summed E-state index contributed by atoms with van der Waals surface area (Å²) in [6.07, 6.45) is -3.16. The van der Waals surface area contributed by atoms with Crippen molar-refractivity contribution in [3.05, 3.63) is 65.2 Å². The molecule has 0 aliphatic carbocycles. The molecule has 2 aromatic carbocycles. The lowest BCUT2D eigenvalue weighted by molar-refractivity contribution is -0.137. The van der Waals surface area contributed by atoms with E-state index in [1.54, 1.807) is 6.33 Å². The maximum absolute atomic E-state index is 13.6. The van der Waals surface area contributed by atoms with E-state index in [4.69, 9.17) is 4.74 Å². The Morgan fingerprint density at radius 2 is 2.04 bits per heavy atom. The largest absolute Gasteiger partial charge is 0.416 e. The minimum atomic E-state index is -4.57. The third-order valence-corrected chi connectivity index (χ3v) is 4.66. The number of rotatable bonds is 3. The van der Waals surface area contributed by atoms with E-state index in [0.717, 1.165) is 28.7 Å². The molecule has 1 unspecified atom stereocenters. The molecule has 1 aliphatic heterocycles. The second-order valence-corrected chi connectivity index (χ2v) is 6.62. The first-order chi connectivity index (χ1) is 12.9. The zero-order valence-corrected chi connectivity index (χ0v) is 14.3. The number of hydrogen-bond acceptors (Lipinski definition) is 3. The first kappa shape index (κ1) is 17.9. The van der Waals surface area contributed by atoms with Gasteiger partial charge in [-0.05, 0) is 41.5 Å². The minimum Gasteiger partial charge on any atom is -0.371 e. The Kier molecular flexibility index (Phi) is 4.61. The van der Waals surface area contributed by atoms with Gasteiger partial charge in [-0.25, -0.2) is 9.37 Å². The number of alkyl halides is 3. The van der Waals surface area contributed by atoms with Crippen molar-refractivity contribution in [1.29, 1.82) is 0 Å². The predicted molar refractivity (Wildman–Crippen MR) is 91.5 cm³/mol. The average molecular weight is 379 g/mol. The predicted octanol–water partition coefficient (Wildman–Crippen LogP) is 4.29. The van der Waals surface area contributed by atoms with E-state index >= 15 is 0 Å². The topological polar surface area (TPSA) is 41.1 Å². The molecule has 0 saturated carbocycles. The Morgan fingerprint density at radius 3 is 2.85 bits per heavy atom. The van der Waals surface area contributed by atoms with Crippen LogP contribution in [0.3, 0.4) is 0 Å². The Bertz CT molecular complexity index is 954. The van der Waals surface area contributed by atoms with Gasteiger partial charge in [0.05, 0.1) is 35.6 Å². The van der Waals surface area contributed by atoms with Gasteiger partial charge >= 0.3 is 6.18 Å². The van der Waals surface area contributed by atoms with Crippen LogP contribution in [-0.2, 0) is 17.5 Å². The van der Waals surface area contributed by atoms with Crippen LogP contribution in [0.2, 0.25) is 0 Å². The second kappa shape index (κ2) is 6.94. The van der Waals surface area contributed by atoms with E-state index in [1.807, 2.05) is 23.1 Å². The van der Waals surface area contributed by atoms with Crippen LogP contribution in [0.1, 0.15) is 22.8 Å². The number of benzene rings is 2. The minimum absolute atomic E-state index is 0.206. The standard InChI is InChI=1S/C19H17F4N3O/c20-15-6-12(5-14(8-15)19(21,22)23)9-26-3-4-27-18(10-26)13-1-2-16-17(7-13)25-11-24-16/h1-2,5-8,11,18H,3-4,9-10H2,(H,24,25). The lowest BCUT2D eigenvalue weighted by Crippen LogP contribution is -2.37. The van der Waals surface area contributed by atoms with Gasteiger partial charge in [0.1, 0.15) is 5.82 Å². The fourth-order valence-corrected chi connectivity index (χ4v) is 3.36. The summed E-state index contributed by atoms with van der Waals surface area (Å²) >= 11 is 0. The number of morpholine rings is 1. The molecule has 1 aromatic heterocycles. The number of fused-ring (bicyclic) bond motifs is 1. The summed E-state index contributed by atoms with van der Waals surface area (Å²) in [4.78, 5) is 9.20. The first-order valence-corrected chi connectivity index (χ1v) is 8.52. The van der Waals surface area contributed by atoms with Crippen molar-refractivity contribution in [2.24, 2.45) is 0 Å². The van der Waals surface area contributed by atoms with Crippen LogP contribution >= 0.6 is 0 Å². The molecule has 8 heteroatoms. The lowest BCUT2D eigenvalue weighted by Gasteiger charge is -2.33. The Balaban J connectivity index is 1.51. The highest BCUT2D eigenvalue weighted by Crippen LogP contribution is 2.31. The fourth-order valence-electron chi connectivity index (χ4n) is 3.36. The van der Waals surface area contributed by atoms with Crippen LogP contribution < -0.4 is 0 Å². The number of aromatic amines is 1. The number of ether oxygens (including phenoxy) is 1. The van der Waals surface area contributed by atoms with E-state index in [0.29, 0.717) is 31.3 Å². The molecule has 0 radical (unpaired) electrons. The summed E-state index contributed by atoms with van der Waals surface area (Å²) < 4.78 is 58.2. The summed E-state index contributed by atoms with van der Waals surface area (Å²) in [5.74, 6) is -0.880. The van der Waals surface area contributed by atoms with Crippen molar-refractivity contribution in [3.8, 4) is 0 Å². The van der Waals surface area contributed by atoms with Crippen molar-refractivity contribution in [2.75, 3.05) is 19.7 Å². The quantitative estimate of drug-likeness (QED) is 0.690. The molecule has 4 rings (SSSR count). The Hall–Kier alpha value is -2.45. The van der Waals surface area contributed by atoms with Crippen LogP contribution in [0.25, 0.3) is 11.0 Å². The van der Waals surface area contributed by atoms with Gasteiger partial charge in [-0.1, -0.05) is 6.07 Å². The molecule has 1 atom stereocenters. The van der Waals surface area contributed by atoms with Crippen molar-refractivity contribution in [2.45, 2.75) is 18.8 Å². The van der Waals surface area contributed by atoms with Gasteiger partial charge in [-0.15, -0.1) is 0 Å². The van der Waals surface area contributed by atoms with Crippen molar-refractivity contribution < 1.29 is 22.3 Å². The van der Waals surface area contributed by atoms with E-state index in [2.05, 4.69) is 9.97 Å². The normalized spacial score (nSPS) is 18.9. The van der Waals surface area contributed by atoms with Crippen LogP contribution in [0, 0.1) is 5.82 Å². The molecule has 1 fully saturated rings. The molecular weight excluding hydrogens is 362 g/mol. The molecule has 142 valence electrons. The number of hydrogen-bond donors (Lipinski definition) is 1. The zero-order valence-electron chi connectivity index (χ0n) is 14.3. The lowest BCUT2D eigenvalue weighted by atomic mass is 10.1. The van der Waals surface area contributed by atoms with Crippen LogP contribution in [-0.4, -0.2) is 34.6 Å². The highest BCUT2D eigenvalue weighted by atomic mass is 19.4. The average Bonchev–Trinajstić information content (AvgIpc) is 3.08. The zero-order chi connectivity index (χ0) is 19.0. The first-order valence-electron chi connectivity index (χ1n) is 8.52. The van der Waals surface area contributed by atoms with Gasteiger partial charge in [0, 0.05) is 19.6 Å². The molecule has 0 bridgehead atoms. The van der Waals surface area contributed by atoms with Gasteiger partial charge in [0.25, 0.3) is 0 Å². The molecule has 2 heterocycles. The third-order valence-electron chi connectivity index (χ3n) is 4.66. The van der Waals surface area contributed by atoms with Gasteiger partial charge in [-0.3, -0.25) is 4.90 Å². The summed E-state index contributed by atoms with van der Waals surface area (Å²) in [5, 5.41) is 0. The number of H-pyrrole nitrogens is 1. The summed E-state index contributed by atoms with van der Waals surface area (Å²) in [6.45, 7) is 1.76. The smallest absolute Gasteiger partial charge is 0.371 e. The fraction of sp³-hybridized carbons (Fsp3) is 0.316. The van der Waals surface area contributed by atoms with Gasteiger partial charge in [0.2, 0.25) is 0 Å². The van der Waals surface area contributed by atoms with Gasteiger partial charge in [-0.2, -0.15) is 13.2 Å². The molecule has 1 N–H and O–H groups in total. The van der Waals surface area contributed by atoms with Crippen molar-refractivity contribution >= 4 is 11.0 Å². The van der Waals surface area contributed by atoms with E-state index in [1.165, 1.54) is 0 Å². The number of nitrogens with zero attached hydrogens (tertiary/aromatic N) is 2. The van der Waals surface area contributed by atoms with Crippen LogP contribution in [0.15, 0.2) is 42.7 Å². The molecule has 4 nitrogen and oxygen atoms in total. The number of halogens is 4. The summed E-state index contributed by atoms with van der Waals surface area (Å²) in [7, 11) is 0. The van der Waals surface area contributed by atoms with Crippen molar-refractivity contribution in [1.82, 2.24) is 14.9 Å². The van der Waals surface area contributed by atoms with E-state index < -0.39 is 17.6 Å². The SMILES string of the molecule is Fc1cc(CN2CCOC(c3ccc4nc[nH]c4c3)C2)cc(C(F)(F)F)c1. The second-order valence-electron chi connectivity index (χ2n) is 6.62. The molecular formula is C19H17F4N3O. The van der Waals surface area contributed by atoms with E-state index in [9.17, 15) is 17.6 Å². The third kappa shape index (κ3) is 3.96. The van der Waals surface area contributed by atoms with Gasteiger partial charge < -0.3 is 9.72 Å². The van der Waals surface area contributed by atoms with Gasteiger partial charge in [0.15, 0.2) is 0 Å². The maximum Gasteiger partial charge on any atom is 0.416 e. The number of nitrogens with one attached hydrogen (secondary N) is 1. The summed E-state index contributed by atoms with van der Waals surface area (Å²) in [6, 6.07) is 8.46. The van der Waals surface area contributed by atoms with E-state index in [-0.39, 0.29) is 12.6 Å².